The van der Waals surface area contributed by atoms with E-state index in [2.05, 4.69) is 19.9 Å². The number of carbonyl (C=O) groups excluding carboxylic acids is 1. The van der Waals surface area contributed by atoms with Gasteiger partial charge >= 0.3 is 0 Å². The summed E-state index contributed by atoms with van der Waals surface area (Å²) in [7, 11) is 0. The zero-order valence-electron chi connectivity index (χ0n) is 10.9. The average molecular weight is 232 g/mol. The van der Waals surface area contributed by atoms with Gasteiger partial charge in [-0.2, -0.15) is 0 Å². The highest BCUT2D eigenvalue weighted by Crippen LogP contribution is 2.42. The van der Waals surface area contributed by atoms with E-state index in [0.717, 1.165) is 11.1 Å². The third-order valence-corrected chi connectivity index (χ3v) is 3.98. The molecule has 0 saturated carbocycles. The van der Waals surface area contributed by atoms with Crippen LogP contribution in [0.2, 0.25) is 0 Å². The van der Waals surface area contributed by atoms with Gasteiger partial charge in [-0.1, -0.05) is 26.8 Å². The van der Waals surface area contributed by atoms with Gasteiger partial charge in [0, 0.05) is 12.3 Å². The maximum Gasteiger partial charge on any atom is 0.140 e. The van der Waals surface area contributed by atoms with Crippen LogP contribution in [0, 0.1) is 12.8 Å². The number of ketones is 1. The molecule has 0 radical (unpaired) electrons. The van der Waals surface area contributed by atoms with Crippen molar-refractivity contribution < 1.29 is 9.90 Å². The quantitative estimate of drug-likeness (QED) is 0.804. The molecule has 0 aromatic heterocycles. The van der Waals surface area contributed by atoms with Gasteiger partial charge in [-0.05, 0) is 41.5 Å². The lowest BCUT2D eigenvalue weighted by atomic mass is 9.72. The SMILES string of the molecule is Cc1cc2c(cc1O)[C@H](C)C(=O)C[C@H]2C(C)C. The van der Waals surface area contributed by atoms with Crippen molar-refractivity contribution in [2.45, 2.75) is 46.0 Å². The number of aromatic hydroxyl groups is 1. The van der Waals surface area contributed by atoms with E-state index in [1.54, 1.807) is 6.07 Å². The molecule has 0 aliphatic heterocycles. The molecule has 1 aromatic carbocycles. The fraction of sp³-hybridized carbons (Fsp3) is 0.533. The number of rotatable bonds is 1. The molecule has 0 unspecified atom stereocenters. The van der Waals surface area contributed by atoms with E-state index in [-0.39, 0.29) is 5.92 Å². The first-order chi connectivity index (χ1) is 7.91. The van der Waals surface area contributed by atoms with Crippen LogP contribution in [-0.2, 0) is 4.79 Å². The molecule has 1 aliphatic rings. The van der Waals surface area contributed by atoms with Crippen molar-refractivity contribution in [1.29, 1.82) is 0 Å². The van der Waals surface area contributed by atoms with E-state index in [0.29, 0.717) is 29.8 Å². The maximum atomic E-state index is 12.0. The van der Waals surface area contributed by atoms with E-state index in [1.165, 1.54) is 5.56 Å². The Kier molecular flexibility index (Phi) is 2.98. The molecular formula is C15H20O2. The predicted molar refractivity (Wildman–Crippen MR) is 68.5 cm³/mol. The monoisotopic (exact) mass is 232 g/mol. The Morgan fingerprint density at radius 3 is 2.53 bits per heavy atom. The van der Waals surface area contributed by atoms with Gasteiger partial charge in [-0.3, -0.25) is 4.79 Å². The van der Waals surface area contributed by atoms with E-state index < -0.39 is 0 Å². The van der Waals surface area contributed by atoms with Crippen molar-refractivity contribution in [3.8, 4) is 5.75 Å². The van der Waals surface area contributed by atoms with Crippen LogP contribution < -0.4 is 0 Å². The average Bonchev–Trinajstić information content (AvgIpc) is 2.26. The topological polar surface area (TPSA) is 37.3 Å². The molecule has 2 nitrogen and oxygen atoms in total. The minimum absolute atomic E-state index is 0.0773. The van der Waals surface area contributed by atoms with Crippen molar-refractivity contribution >= 4 is 5.78 Å². The molecule has 2 atom stereocenters. The third-order valence-electron chi connectivity index (χ3n) is 3.98. The molecule has 0 spiro atoms. The Hall–Kier alpha value is -1.31. The number of Topliss-reactive ketones (excluding diaryl/α,β-unsaturated/α-hetero) is 1. The number of hydrogen-bond donors (Lipinski definition) is 1. The van der Waals surface area contributed by atoms with Gasteiger partial charge in [0.15, 0.2) is 0 Å². The first-order valence-corrected chi connectivity index (χ1v) is 6.28. The highest BCUT2D eigenvalue weighted by atomic mass is 16.3. The summed E-state index contributed by atoms with van der Waals surface area (Å²) in [6.07, 6.45) is 0.635. The first-order valence-electron chi connectivity index (χ1n) is 6.28. The third kappa shape index (κ3) is 1.97. The maximum absolute atomic E-state index is 12.0. The lowest BCUT2D eigenvalue weighted by Gasteiger charge is -2.31. The van der Waals surface area contributed by atoms with Gasteiger partial charge in [0.25, 0.3) is 0 Å². The van der Waals surface area contributed by atoms with Crippen LogP contribution in [0.15, 0.2) is 12.1 Å². The fourth-order valence-electron chi connectivity index (χ4n) is 2.70. The normalized spacial score (nSPS) is 23.9. The molecule has 17 heavy (non-hydrogen) atoms. The lowest BCUT2D eigenvalue weighted by Crippen LogP contribution is -2.25. The molecule has 2 rings (SSSR count). The summed E-state index contributed by atoms with van der Waals surface area (Å²) >= 11 is 0. The molecule has 1 N–H and O–H groups in total. The van der Waals surface area contributed by atoms with E-state index in [9.17, 15) is 9.90 Å². The van der Waals surface area contributed by atoms with Gasteiger partial charge in [-0.25, -0.2) is 0 Å². The second-order valence-electron chi connectivity index (χ2n) is 5.51. The Morgan fingerprint density at radius 1 is 1.29 bits per heavy atom. The van der Waals surface area contributed by atoms with Crippen LogP contribution in [0.1, 0.15) is 55.7 Å². The number of benzene rings is 1. The van der Waals surface area contributed by atoms with Crippen molar-refractivity contribution in [2.75, 3.05) is 0 Å². The van der Waals surface area contributed by atoms with Crippen molar-refractivity contribution in [3.63, 3.8) is 0 Å². The van der Waals surface area contributed by atoms with Crippen LogP contribution in [0.25, 0.3) is 0 Å². The van der Waals surface area contributed by atoms with Crippen LogP contribution in [0.5, 0.6) is 5.75 Å². The molecule has 0 bridgehead atoms. The second kappa shape index (κ2) is 4.17. The molecular weight excluding hydrogens is 212 g/mol. The highest BCUT2D eigenvalue weighted by Gasteiger charge is 2.32. The molecule has 1 aromatic rings. The molecule has 1 aliphatic carbocycles. The number of hydrogen-bond acceptors (Lipinski definition) is 2. The number of carbonyl (C=O) groups is 1. The van der Waals surface area contributed by atoms with Crippen molar-refractivity contribution in [3.05, 3.63) is 28.8 Å². The zero-order chi connectivity index (χ0) is 12.7. The summed E-state index contributed by atoms with van der Waals surface area (Å²) in [6, 6.07) is 3.83. The number of phenols is 1. The minimum Gasteiger partial charge on any atom is -0.508 e. The van der Waals surface area contributed by atoms with Crippen LogP contribution in [-0.4, -0.2) is 10.9 Å². The molecule has 0 fully saturated rings. The smallest absolute Gasteiger partial charge is 0.140 e. The summed E-state index contributed by atoms with van der Waals surface area (Å²) in [6.45, 7) is 8.15. The largest absolute Gasteiger partial charge is 0.508 e. The predicted octanol–water partition coefficient (Wildman–Crippen LogP) is 3.52. The first kappa shape index (κ1) is 12.2. The summed E-state index contributed by atoms with van der Waals surface area (Å²) in [4.78, 5) is 12.0. The number of phenolic OH excluding ortho intramolecular Hbond substituents is 1. The second-order valence-corrected chi connectivity index (χ2v) is 5.51. The summed E-state index contributed by atoms with van der Waals surface area (Å²) in [5.41, 5.74) is 3.17. The zero-order valence-corrected chi connectivity index (χ0v) is 10.9. The van der Waals surface area contributed by atoms with Crippen LogP contribution >= 0.6 is 0 Å². The summed E-state index contributed by atoms with van der Waals surface area (Å²) in [5.74, 6) is 1.26. The van der Waals surface area contributed by atoms with Gasteiger partial charge in [-0.15, -0.1) is 0 Å². The van der Waals surface area contributed by atoms with Crippen molar-refractivity contribution in [1.82, 2.24) is 0 Å². The van der Waals surface area contributed by atoms with Crippen molar-refractivity contribution in [2.24, 2.45) is 5.92 Å². The minimum atomic E-state index is -0.0773. The molecule has 2 heteroatoms. The number of fused-ring (bicyclic) bond motifs is 1. The fourth-order valence-corrected chi connectivity index (χ4v) is 2.70. The van der Waals surface area contributed by atoms with Gasteiger partial charge < -0.3 is 5.11 Å². The number of aryl methyl sites for hydroxylation is 1. The molecule has 0 amide bonds. The summed E-state index contributed by atoms with van der Waals surface area (Å²) in [5, 5.41) is 9.79. The lowest BCUT2D eigenvalue weighted by molar-refractivity contribution is -0.121. The highest BCUT2D eigenvalue weighted by molar-refractivity contribution is 5.88. The van der Waals surface area contributed by atoms with E-state index >= 15 is 0 Å². The Labute approximate surface area is 103 Å². The Bertz CT molecular complexity index is 460. The van der Waals surface area contributed by atoms with Crippen LogP contribution in [0.3, 0.4) is 0 Å². The Balaban J connectivity index is 2.60. The molecule has 0 heterocycles. The Morgan fingerprint density at radius 2 is 1.94 bits per heavy atom. The summed E-state index contributed by atoms with van der Waals surface area (Å²) < 4.78 is 0. The van der Waals surface area contributed by atoms with E-state index in [1.807, 2.05) is 13.8 Å². The van der Waals surface area contributed by atoms with Gasteiger partial charge in [0.2, 0.25) is 0 Å². The molecule has 0 saturated heterocycles. The van der Waals surface area contributed by atoms with Gasteiger partial charge in [0.05, 0.1) is 0 Å². The van der Waals surface area contributed by atoms with E-state index in [4.69, 9.17) is 0 Å². The standard InChI is InChI=1S/C15H20O2/c1-8(2)11-6-15(17)10(4)12-7-14(16)9(3)5-13(11)12/h5,7-8,10-11,16H,6H2,1-4H3/t10-,11-/m0/s1. The molecule has 92 valence electrons. The van der Waals surface area contributed by atoms with Crippen LogP contribution in [0.4, 0.5) is 0 Å². The van der Waals surface area contributed by atoms with Gasteiger partial charge in [0.1, 0.15) is 11.5 Å².